The van der Waals surface area contributed by atoms with Crippen LogP contribution in [-0.4, -0.2) is 34.1 Å². The van der Waals surface area contributed by atoms with Crippen LogP contribution in [0.25, 0.3) is 0 Å². The predicted octanol–water partition coefficient (Wildman–Crippen LogP) is 5.16. The van der Waals surface area contributed by atoms with Gasteiger partial charge in [-0.3, -0.25) is 24.6 Å². The second-order valence-corrected chi connectivity index (χ2v) is 9.84. The second kappa shape index (κ2) is 8.00. The molecule has 0 bridgehead atoms. The van der Waals surface area contributed by atoms with E-state index in [2.05, 4.69) is 10.2 Å². The normalized spacial score (nSPS) is 27.0. The first-order valence-corrected chi connectivity index (χ1v) is 12.0. The average Bonchev–Trinajstić information content (AvgIpc) is 3.52. The number of hydrogen-bond donors (Lipinski definition) is 1. The van der Waals surface area contributed by atoms with E-state index in [0.717, 1.165) is 12.8 Å². The number of benzene rings is 3. The first kappa shape index (κ1) is 21.9. The topological polar surface area (TPSA) is 92.5 Å². The van der Waals surface area contributed by atoms with E-state index in [1.54, 1.807) is 54.6 Å². The Hall–Kier alpha value is -3.55. The van der Waals surface area contributed by atoms with Crippen LogP contribution >= 0.6 is 11.6 Å². The number of nitrogens with zero attached hydrogens (tertiary/aromatic N) is 2. The SMILES string of the molecule is O=C(c1ccccc1)[C@@H]1[C@H](c2cccc([N+](=O)[O-])c2)[C@@H]2CCCN2[C@@]12C(=O)Nc1ccc(Cl)cc12. The number of hydrogen-bond acceptors (Lipinski definition) is 5. The van der Waals surface area contributed by atoms with E-state index in [4.69, 9.17) is 11.6 Å². The van der Waals surface area contributed by atoms with E-state index in [9.17, 15) is 19.7 Å². The fourth-order valence-electron chi connectivity index (χ4n) is 6.53. The van der Waals surface area contributed by atoms with Gasteiger partial charge in [-0.25, -0.2) is 0 Å². The first-order chi connectivity index (χ1) is 16.9. The summed E-state index contributed by atoms with van der Waals surface area (Å²) >= 11 is 6.41. The monoisotopic (exact) mass is 487 g/mol. The fraction of sp³-hybridized carbons (Fsp3) is 0.259. The molecule has 2 fully saturated rings. The number of nitro benzene ring substituents is 1. The molecule has 1 amide bonds. The van der Waals surface area contributed by atoms with Gasteiger partial charge in [-0.1, -0.05) is 54.1 Å². The molecule has 2 saturated heterocycles. The molecule has 6 rings (SSSR count). The lowest BCUT2D eigenvalue weighted by Gasteiger charge is -2.37. The van der Waals surface area contributed by atoms with Crippen molar-refractivity contribution >= 4 is 34.7 Å². The maximum atomic E-state index is 14.3. The third-order valence-corrected chi connectivity index (χ3v) is 8.00. The number of fused-ring (bicyclic) bond motifs is 4. The average molecular weight is 488 g/mol. The van der Waals surface area contributed by atoms with Crippen LogP contribution < -0.4 is 5.32 Å². The second-order valence-electron chi connectivity index (χ2n) is 9.40. The summed E-state index contributed by atoms with van der Waals surface area (Å²) in [5.74, 6) is -1.58. The van der Waals surface area contributed by atoms with E-state index < -0.39 is 22.3 Å². The van der Waals surface area contributed by atoms with Gasteiger partial charge in [-0.05, 0) is 43.1 Å². The van der Waals surface area contributed by atoms with Crippen LogP contribution in [0.1, 0.15) is 40.2 Å². The molecular weight excluding hydrogens is 466 g/mol. The highest BCUT2D eigenvalue weighted by Crippen LogP contribution is 2.61. The smallest absolute Gasteiger partial charge is 0.269 e. The predicted molar refractivity (Wildman–Crippen MR) is 132 cm³/mol. The quantitative estimate of drug-likeness (QED) is 0.312. The summed E-state index contributed by atoms with van der Waals surface area (Å²) in [6.45, 7) is 0.647. The van der Waals surface area contributed by atoms with Crippen LogP contribution in [0.15, 0.2) is 72.8 Å². The molecule has 0 aromatic heterocycles. The zero-order valence-corrected chi connectivity index (χ0v) is 19.4. The van der Waals surface area contributed by atoms with Gasteiger partial charge in [0.05, 0.1) is 10.8 Å². The van der Waals surface area contributed by atoms with E-state index in [1.165, 1.54) is 6.07 Å². The molecule has 3 aliphatic rings. The van der Waals surface area contributed by atoms with Crippen molar-refractivity contribution in [2.24, 2.45) is 5.92 Å². The lowest BCUT2D eigenvalue weighted by molar-refractivity contribution is -0.384. The Morgan fingerprint density at radius 3 is 2.66 bits per heavy atom. The lowest BCUT2D eigenvalue weighted by atomic mass is 9.68. The molecule has 0 unspecified atom stereocenters. The molecule has 3 aromatic carbocycles. The van der Waals surface area contributed by atoms with Crippen LogP contribution in [0.4, 0.5) is 11.4 Å². The summed E-state index contributed by atoms with van der Waals surface area (Å²) in [5.41, 5.74) is 1.28. The molecular formula is C27H22ClN3O4. The Bertz CT molecular complexity index is 1380. The maximum Gasteiger partial charge on any atom is 0.269 e. The summed E-state index contributed by atoms with van der Waals surface area (Å²) in [4.78, 5) is 41.6. The molecule has 176 valence electrons. The highest BCUT2D eigenvalue weighted by molar-refractivity contribution is 6.31. The number of nitrogens with one attached hydrogen (secondary N) is 1. The fourth-order valence-corrected chi connectivity index (χ4v) is 6.71. The minimum absolute atomic E-state index is 0.0294. The summed E-state index contributed by atoms with van der Waals surface area (Å²) in [6, 6.07) is 20.6. The number of anilines is 1. The molecule has 0 saturated carbocycles. The van der Waals surface area contributed by atoms with Gasteiger partial charge in [0.25, 0.3) is 5.69 Å². The zero-order chi connectivity index (χ0) is 24.3. The first-order valence-electron chi connectivity index (χ1n) is 11.6. The van der Waals surface area contributed by atoms with Crippen molar-refractivity contribution in [1.82, 2.24) is 4.90 Å². The van der Waals surface area contributed by atoms with E-state index in [0.29, 0.717) is 33.9 Å². The molecule has 1 N–H and O–H groups in total. The number of nitro groups is 1. The van der Waals surface area contributed by atoms with Crippen molar-refractivity contribution < 1.29 is 14.5 Å². The largest absolute Gasteiger partial charge is 0.324 e. The third kappa shape index (κ3) is 3.08. The molecule has 0 aliphatic carbocycles. The van der Waals surface area contributed by atoms with Crippen molar-refractivity contribution in [3.8, 4) is 0 Å². The number of halogens is 1. The van der Waals surface area contributed by atoms with Gasteiger partial charge >= 0.3 is 0 Å². The number of Topliss-reactive ketones (excluding diaryl/α,β-unsaturated/α-hetero) is 1. The van der Waals surface area contributed by atoms with Gasteiger partial charge in [0, 0.05) is 45.9 Å². The number of ketones is 1. The molecule has 3 heterocycles. The summed E-state index contributed by atoms with van der Waals surface area (Å²) < 4.78 is 0. The Morgan fingerprint density at radius 1 is 1.09 bits per heavy atom. The standard InChI is InChI=1S/C27H22ClN3O4/c28-18-11-12-21-20(15-18)27(26(33)29-21)24(25(32)16-6-2-1-3-7-16)23(22-10-5-13-30(22)27)17-8-4-9-19(14-17)31(34)35/h1-4,6-9,11-12,14-15,22-24H,5,10,13H2,(H,29,33)/t22-,23+,24-,27+/m0/s1. The molecule has 8 heteroatoms. The van der Waals surface area contributed by atoms with Crippen LogP contribution in [0.5, 0.6) is 0 Å². The van der Waals surface area contributed by atoms with Gasteiger partial charge in [0.15, 0.2) is 5.78 Å². The van der Waals surface area contributed by atoms with E-state index in [1.807, 2.05) is 12.1 Å². The highest BCUT2D eigenvalue weighted by Gasteiger charge is 2.69. The highest BCUT2D eigenvalue weighted by atomic mass is 35.5. The number of rotatable bonds is 4. The molecule has 3 aliphatic heterocycles. The molecule has 7 nitrogen and oxygen atoms in total. The van der Waals surface area contributed by atoms with Gasteiger partial charge in [0.2, 0.25) is 5.91 Å². The van der Waals surface area contributed by atoms with Gasteiger partial charge in [0.1, 0.15) is 5.54 Å². The number of amides is 1. The van der Waals surface area contributed by atoms with Gasteiger partial charge < -0.3 is 5.32 Å². The van der Waals surface area contributed by atoms with Gasteiger partial charge in [-0.2, -0.15) is 0 Å². The Kier molecular flexibility index (Phi) is 5.02. The third-order valence-electron chi connectivity index (χ3n) is 7.77. The molecule has 4 atom stereocenters. The summed E-state index contributed by atoms with van der Waals surface area (Å²) in [6.07, 6.45) is 1.66. The van der Waals surface area contributed by atoms with E-state index >= 15 is 0 Å². The number of non-ortho nitro benzene ring substituents is 1. The Balaban J connectivity index is 1.63. The zero-order valence-electron chi connectivity index (χ0n) is 18.7. The van der Waals surface area contributed by atoms with Crippen LogP contribution in [0.3, 0.4) is 0 Å². The van der Waals surface area contributed by atoms with Crippen molar-refractivity contribution in [3.05, 3.63) is 105 Å². The Labute approximate surface area is 206 Å². The van der Waals surface area contributed by atoms with Crippen molar-refractivity contribution in [3.63, 3.8) is 0 Å². The molecule has 3 aromatic rings. The molecule has 0 radical (unpaired) electrons. The van der Waals surface area contributed by atoms with Crippen molar-refractivity contribution in [2.75, 3.05) is 11.9 Å². The van der Waals surface area contributed by atoms with Crippen LogP contribution in [0.2, 0.25) is 5.02 Å². The van der Waals surface area contributed by atoms with Gasteiger partial charge in [-0.15, -0.1) is 0 Å². The summed E-state index contributed by atoms with van der Waals surface area (Å²) in [5, 5.41) is 15.1. The minimum atomic E-state index is -1.25. The van der Waals surface area contributed by atoms with Crippen molar-refractivity contribution in [2.45, 2.75) is 30.3 Å². The lowest BCUT2D eigenvalue weighted by Crippen LogP contribution is -2.52. The number of carbonyl (C=O) groups excluding carboxylic acids is 2. The molecule has 1 spiro atoms. The van der Waals surface area contributed by atoms with E-state index in [-0.39, 0.29) is 23.4 Å². The van der Waals surface area contributed by atoms with Crippen LogP contribution in [-0.2, 0) is 10.3 Å². The minimum Gasteiger partial charge on any atom is -0.324 e. The Morgan fingerprint density at radius 2 is 1.89 bits per heavy atom. The van der Waals surface area contributed by atoms with Crippen molar-refractivity contribution in [1.29, 1.82) is 0 Å². The maximum absolute atomic E-state index is 14.3. The summed E-state index contributed by atoms with van der Waals surface area (Å²) in [7, 11) is 0. The molecule has 35 heavy (non-hydrogen) atoms. The number of carbonyl (C=O) groups is 2. The van der Waals surface area contributed by atoms with Crippen LogP contribution in [0, 0.1) is 16.0 Å².